The Morgan fingerprint density at radius 3 is 2.40 bits per heavy atom. The highest BCUT2D eigenvalue weighted by molar-refractivity contribution is 5.94. The number of carboxylic acid groups (broad SMARTS) is 1. The Morgan fingerprint density at radius 2 is 1.67 bits per heavy atom. The van der Waals surface area contributed by atoms with Crippen molar-refractivity contribution in [2.75, 3.05) is 13.2 Å². The summed E-state index contributed by atoms with van der Waals surface area (Å²) in [5.41, 5.74) is -0.570. The van der Waals surface area contributed by atoms with Crippen LogP contribution in [0.4, 0.5) is 0 Å². The van der Waals surface area contributed by atoms with Crippen LogP contribution in [0, 0.1) is 0 Å². The van der Waals surface area contributed by atoms with Gasteiger partial charge < -0.3 is 46.1 Å². The molecule has 3 aromatic carbocycles. The quantitative estimate of drug-likeness (QED) is 0.0836. The number of aliphatic hydroxyl groups excluding tert-OH is 1. The Hall–Kier alpha value is -6.09. The lowest BCUT2D eigenvalue weighted by Crippen LogP contribution is -2.54. The van der Waals surface area contributed by atoms with Crippen LogP contribution in [-0.4, -0.2) is 73.4 Å². The lowest BCUT2D eigenvalue weighted by Gasteiger charge is -2.36. The zero-order valence-electron chi connectivity index (χ0n) is 27.8. The number of aromatic amines is 1. The van der Waals surface area contributed by atoms with Gasteiger partial charge in [-0.25, -0.2) is 4.79 Å². The largest absolute Gasteiger partial charge is 0.506 e. The number of hydrogen-bond acceptors (Lipinski definition) is 10. The van der Waals surface area contributed by atoms with E-state index in [2.05, 4.69) is 25.9 Å². The van der Waals surface area contributed by atoms with Crippen LogP contribution in [0.1, 0.15) is 51.7 Å². The first kappa shape index (κ1) is 35.7. The first-order valence-corrected chi connectivity index (χ1v) is 16.5. The van der Waals surface area contributed by atoms with Gasteiger partial charge in [-0.3, -0.25) is 19.4 Å². The molecule has 0 bridgehead atoms. The van der Waals surface area contributed by atoms with E-state index in [0.29, 0.717) is 41.6 Å². The maximum Gasteiger partial charge on any atom is 0.345 e. The SMILES string of the molecule is O=C(COc1cccc([C@](O)(C(=O)O)c2ccccc2)c1)NC1CC(NC(=O)c2ccc(CNC[C@H](O)c3ccc(O)c4[nH]c(=O)ccc34)nc2)C1. The molecule has 0 radical (unpaired) electrons. The van der Waals surface area contributed by atoms with Crippen molar-refractivity contribution in [3.8, 4) is 11.5 Å². The minimum absolute atomic E-state index is 0.0834. The van der Waals surface area contributed by atoms with Gasteiger partial charge in [0.25, 0.3) is 11.8 Å². The topological polar surface area (TPSA) is 223 Å². The number of carbonyl (C=O) groups excluding carboxylic acids is 2. The molecule has 268 valence electrons. The average Bonchev–Trinajstić information content (AvgIpc) is 3.13. The molecule has 1 fully saturated rings. The number of phenols is 1. The van der Waals surface area contributed by atoms with Gasteiger partial charge in [-0.05, 0) is 60.4 Å². The number of phenolic OH excluding ortho intramolecular Hbond substituents is 1. The van der Waals surface area contributed by atoms with Crippen molar-refractivity contribution >= 4 is 28.7 Å². The third-order valence-corrected chi connectivity index (χ3v) is 8.96. The van der Waals surface area contributed by atoms with Crippen molar-refractivity contribution in [3.05, 3.63) is 135 Å². The fourth-order valence-corrected chi connectivity index (χ4v) is 6.10. The van der Waals surface area contributed by atoms with E-state index < -0.39 is 17.7 Å². The zero-order chi connectivity index (χ0) is 36.8. The highest BCUT2D eigenvalue weighted by Crippen LogP contribution is 2.32. The molecule has 2 heterocycles. The van der Waals surface area contributed by atoms with Gasteiger partial charge in [0.05, 0.1) is 22.9 Å². The molecule has 2 atom stereocenters. The van der Waals surface area contributed by atoms with Crippen LogP contribution < -0.4 is 26.2 Å². The van der Waals surface area contributed by atoms with Gasteiger partial charge in [0.2, 0.25) is 11.2 Å². The van der Waals surface area contributed by atoms with Crippen LogP contribution in [0.2, 0.25) is 0 Å². The van der Waals surface area contributed by atoms with Crippen molar-refractivity contribution in [1.82, 2.24) is 25.9 Å². The van der Waals surface area contributed by atoms with Gasteiger partial charge in [0.15, 0.2) is 6.61 Å². The molecule has 0 saturated heterocycles. The Balaban J connectivity index is 0.918. The second-order valence-electron chi connectivity index (χ2n) is 12.6. The number of aliphatic hydroxyl groups is 2. The molecule has 5 aromatic rings. The molecule has 8 N–H and O–H groups in total. The van der Waals surface area contributed by atoms with Crippen molar-refractivity contribution < 1.29 is 39.5 Å². The van der Waals surface area contributed by atoms with Crippen LogP contribution in [0.5, 0.6) is 11.5 Å². The van der Waals surface area contributed by atoms with E-state index in [1.807, 2.05) is 0 Å². The minimum atomic E-state index is -2.30. The van der Waals surface area contributed by atoms with Gasteiger partial charge in [-0.15, -0.1) is 0 Å². The Kier molecular flexibility index (Phi) is 10.6. The zero-order valence-corrected chi connectivity index (χ0v) is 27.8. The van der Waals surface area contributed by atoms with Gasteiger partial charge >= 0.3 is 5.97 Å². The number of amides is 2. The number of aromatic hydroxyl groups is 1. The number of aliphatic carboxylic acids is 1. The van der Waals surface area contributed by atoms with Gasteiger partial charge in [-0.1, -0.05) is 48.5 Å². The number of benzene rings is 3. The van der Waals surface area contributed by atoms with Crippen LogP contribution in [-0.2, 0) is 21.7 Å². The van der Waals surface area contributed by atoms with E-state index in [9.17, 15) is 39.6 Å². The lowest BCUT2D eigenvalue weighted by molar-refractivity contribution is -0.155. The van der Waals surface area contributed by atoms with E-state index in [4.69, 9.17) is 4.74 Å². The predicted octanol–water partition coefficient (Wildman–Crippen LogP) is 2.23. The van der Waals surface area contributed by atoms with E-state index in [-0.39, 0.29) is 70.8 Å². The number of nitrogens with one attached hydrogen (secondary N) is 4. The van der Waals surface area contributed by atoms with E-state index in [1.54, 1.807) is 54.6 Å². The fraction of sp³-hybridized carbons (Fsp3) is 0.237. The van der Waals surface area contributed by atoms with Crippen LogP contribution in [0.25, 0.3) is 10.9 Å². The molecule has 14 nitrogen and oxygen atoms in total. The predicted molar refractivity (Wildman–Crippen MR) is 189 cm³/mol. The molecule has 2 aromatic heterocycles. The summed E-state index contributed by atoms with van der Waals surface area (Å²) >= 11 is 0. The number of H-pyrrole nitrogens is 1. The third kappa shape index (κ3) is 7.94. The van der Waals surface area contributed by atoms with Crippen LogP contribution >= 0.6 is 0 Å². The van der Waals surface area contributed by atoms with Crippen molar-refractivity contribution in [2.45, 2.75) is 43.2 Å². The van der Waals surface area contributed by atoms with E-state index in [0.717, 1.165) is 0 Å². The summed E-state index contributed by atoms with van der Waals surface area (Å²) in [6.07, 6.45) is 1.60. The molecule has 1 saturated carbocycles. The summed E-state index contributed by atoms with van der Waals surface area (Å²) in [5, 5.41) is 51.2. The molecule has 6 rings (SSSR count). The first-order chi connectivity index (χ1) is 25.0. The second-order valence-corrected chi connectivity index (χ2v) is 12.6. The van der Waals surface area contributed by atoms with Gasteiger partial charge in [0.1, 0.15) is 11.5 Å². The van der Waals surface area contributed by atoms with Gasteiger partial charge in [0, 0.05) is 48.4 Å². The number of fused-ring (bicyclic) bond motifs is 1. The number of carboxylic acids is 1. The molecule has 1 aliphatic rings. The Bertz CT molecular complexity index is 2140. The molecule has 0 spiro atoms. The Labute approximate surface area is 297 Å². The molecule has 0 aliphatic heterocycles. The molecule has 52 heavy (non-hydrogen) atoms. The monoisotopic (exact) mass is 707 g/mol. The standard InChI is InChI=1S/C38H37N5O9/c44-31-13-11-29(30-12-14-33(46)43-35(30)31)32(45)20-39-19-25-10-9-22(18-40-25)36(48)42-27-16-26(17-27)41-34(47)21-52-28-8-4-7-24(15-28)38(51,37(49)50)23-5-2-1-3-6-23/h1-15,18,26-27,32,39,44-45,51H,16-17,19-21H2,(H,41,47)(H,42,48)(H,43,46)(H,49,50)/t26?,27?,32-,38-/m0/s1. The van der Waals surface area contributed by atoms with E-state index in [1.165, 1.54) is 42.6 Å². The number of hydrogen-bond donors (Lipinski definition) is 8. The summed E-state index contributed by atoms with van der Waals surface area (Å²) < 4.78 is 5.60. The summed E-state index contributed by atoms with van der Waals surface area (Å²) in [7, 11) is 0. The summed E-state index contributed by atoms with van der Waals surface area (Å²) in [6, 6.07) is 22.9. The number of ether oxygens (including phenoxy) is 1. The van der Waals surface area contributed by atoms with E-state index >= 15 is 0 Å². The van der Waals surface area contributed by atoms with Crippen molar-refractivity contribution in [3.63, 3.8) is 0 Å². The van der Waals surface area contributed by atoms with Crippen LogP contribution in [0.3, 0.4) is 0 Å². The maximum absolute atomic E-state index is 12.8. The molecule has 14 heteroatoms. The van der Waals surface area contributed by atoms with Crippen molar-refractivity contribution in [2.24, 2.45) is 0 Å². The highest BCUT2D eigenvalue weighted by atomic mass is 16.5. The molecule has 1 aliphatic carbocycles. The molecular formula is C38H37N5O9. The normalized spacial score (nSPS) is 17.0. The summed E-state index contributed by atoms with van der Waals surface area (Å²) in [5.74, 6) is -1.99. The smallest absolute Gasteiger partial charge is 0.345 e. The third-order valence-electron chi connectivity index (χ3n) is 8.96. The average molecular weight is 708 g/mol. The number of carbonyl (C=O) groups is 3. The number of nitrogens with zero attached hydrogens (tertiary/aromatic N) is 1. The minimum Gasteiger partial charge on any atom is -0.506 e. The van der Waals surface area contributed by atoms with Crippen LogP contribution in [0.15, 0.2) is 102 Å². The molecule has 0 unspecified atom stereocenters. The molecular weight excluding hydrogens is 670 g/mol. The molecule has 2 amide bonds. The van der Waals surface area contributed by atoms with Gasteiger partial charge in [-0.2, -0.15) is 0 Å². The summed E-state index contributed by atoms with van der Waals surface area (Å²) in [4.78, 5) is 56.0. The first-order valence-electron chi connectivity index (χ1n) is 16.5. The van der Waals surface area contributed by atoms with Crippen molar-refractivity contribution in [1.29, 1.82) is 0 Å². The highest BCUT2D eigenvalue weighted by Gasteiger charge is 2.40. The second kappa shape index (κ2) is 15.4. The fourth-order valence-electron chi connectivity index (χ4n) is 6.10. The number of aromatic nitrogens is 2. The number of rotatable bonds is 14. The number of pyridine rings is 2. The summed E-state index contributed by atoms with van der Waals surface area (Å²) in [6.45, 7) is 0.173. The Morgan fingerprint density at radius 1 is 0.923 bits per heavy atom. The lowest BCUT2D eigenvalue weighted by atomic mass is 9.86. The maximum atomic E-state index is 12.8.